The van der Waals surface area contributed by atoms with Crippen LogP contribution in [0.1, 0.15) is 18.0 Å². The van der Waals surface area contributed by atoms with E-state index in [0.29, 0.717) is 0 Å². The minimum atomic E-state index is -1.20. The van der Waals surface area contributed by atoms with E-state index in [2.05, 4.69) is 9.97 Å². The van der Waals surface area contributed by atoms with Crippen LogP contribution in [-0.4, -0.2) is 26.0 Å². The Kier molecular flexibility index (Phi) is 3.54. The summed E-state index contributed by atoms with van der Waals surface area (Å²) in [7, 11) is 0. The lowest BCUT2D eigenvalue weighted by atomic mass is 10.0. The van der Waals surface area contributed by atoms with E-state index in [1.54, 1.807) is 0 Å². The normalized spacial score (nSPS) is 12.2. The number of rotatable bonds is 4. The number of fused-ring (bicyclic) bond motifs is 1. The van der Waals surface area contributed by atoms with Gasteiger partial charge in [0.1, 0.15) is 0 Å². The average molecular weight is 294 g/mol. The molecule has 1 aromatic heterocycles. The molecule has 2 aromatic rings. The number of carbonyl (C=O) groups is 1. The number of nitrogens with two attached hydrogens (primary N) is 1. The smallest absolute Gasteiger partial charge is 0.314 e. The second-order valence-electron chi connectivity index (χ2n) is 4.33. The summed E-state index contributed by atoms with van der Waals surface area (Å²) in [5.41, 5.74) is 3.54. The molecule has 1 atom stereocenters. The Labute approximate surface area is 115 Å². The van der Waals surface area contributed by atoms with Crippen molar-refractivity contribution in [2.45, 2.75) is 12.5 Å². The number of aromatic amines is 2. The second-order valence-corrected chi connectivity index (χ2v) is 4.33. The van der Waals surface area contributed by atoms with Gasteiger partial charge in [0.2, 0.25) is 0 Å². The third kappa shape index (κ3) is 2.79. The number of nitrogens with zero attached hydrogens (tertiary/aromatic N) is 1. The molecular weight excluding hydrogens is 284 g/mol. The van der Waals surface area contributed by atoms with Crippen LogP contribution in [0.2, 0.25) is 0 Å². The minimum absolute atomic E-state index is 0.00430. The highest BCUT2D eigenvalue weighted by Crippen LogP contribution is 2.26. The molecule has 0 radical (unpaired) electrons. The number of nitrogens with one attached hydrogen (secondary N) is 2. The van der Waals surface area contributed by atoms with Crippen molar-refractivity contribution in [3.05, 3.63) is 48.5 Å². The van der Waals surface area contributed by atoms with Crippen LogP contribution in [0.5, 0.6) is 0 Å². The summed E-state index contributed by atoms with van der Waals surface area (Å²) >= 11 is 0. The summed E-state index contributed by atoms with van der Waals surface area (Å²) < 4.78 is 0. The van der Waals surface area contributed by atoms with E-state index in [1.807, 2.05) is 0 Å². The molecule has 5 N–H and O–H groups in total. The molecule has 10 heteroatoms. The van der Waals surface area contributed by atoms with E-state index in [9.17, 15) is 24.5 Å². The van der Waals surface area contributed by atoms with Gasteiger partial charge in [0, 0.05) is 23.7 Å². The van der Waals surface area contributed by atoms with Crippen LogP contribution in [0.15, 0.2) is 21.7 Å². The molecule has 0 aliphatic rings. The molecule has 0 saturated carbocycles. The minimum Gasteiger partial charge on any atom is -0.481 e. The zero-order chi connectivity index (χ0) is 15.7. The summed E-state index contributed by atoms with van der Waals surface area (Å²) in [5, 5.41) is 19.6. The SMILES string of the molecule is NC(CC(=O)O)c1cc([N+](=O)[O-])cc2[nH]c(=O)c(=O)[nH]c12. The summed E-state index contributed by atoms with van der Waals surface area (Å²) in [4.78, 5) is 48.0. The Hall–Kier alpha value is -3.01. The summed E-state index contributed by atoms with van der Waals surface area (Å²) in [6.45, 7) is 0. The second kappa shape index (κ2) is 5.17. The number of H-pyrrole nitrogens is 2. The van der Waals surface area contributed by atoms with Crippen LogP contribution in [-0.2, 0) is 4.79 Å². The Morgan fingerprint density at radius 3 is 2.52 bits per heavy atom. The highest BCUT2D eigenvalue weighted by Gasteiger charge is 2.20. The number of carboxylic acid groups (broad SMARTS) is 1. The molecule has 0 aliphatic heterocycles. The van der Waals surface area contributed by atoms with Gasteiger partial charge in [0.05, 0.1) is 22.4 Å². The van der Waals surface area contributed by atoms with Gasteiger partial charge in [-0.3, -0.25) is 24.5 Å². The largest absolute Gasteiger partial charge is 0.481 e. The number of hydrogen-bond donors (Lipinski definition) is 4. The molecule has 0 saturated heterocycles. The maximum atomic E-state index is 11.4. The zero-order valence-electron chi connectivity index (χ0n) is 10.5. The average Bonchev–Trinajstić information content (AvgIpc) is 2.38. The lowest BCUT2D eigenvalue weighted by Crippen LogP contribution is -2.30. The number of non-ortho nitro benzene ring substituents is 1. The van der Waals surface area contributed by atoms with Gasteiger partial charge in [0.25, 0.3) is 5.69 Å². The van der Waals surface area contributed by atoms with Gasteiger partial charge < -0.3 is 20.8 Å². The molecule has 110 valence electrons. The quantitative estimate of drug-likeness (QED) is 0.337. The Bertz CT molecular complexity index is 852. The van der Waals surface area contributed by atoms with Crippen molar-refractivity contribution in [3.63, 3.8) is 0 Å². The van der Waals surface area contributed by atoms with E-state index in [-0.39, 0.29) is 22.3 Å². The zero-order valence-corrected chi connectivity index (χ0v) is 10.5. The van der Waals surface area contributed by atoms with Crippen LogP contribution < -0.4 is 16.9 Å². The summed E-state index contributed by atoms with van der Waals surface area (Å²) in [6, 6.07) is 1.06. The van der Waals surface area contributed by atoms with E-state index in [1.165, 1.54) is 0 Å². The molecule has 0 aliphatic carbocycles. The molecule has 10 nitrogen and oxygen atoms in total. The van der Waals surface area contributed by atoms with Gasteiger partial charge in [0.15, 0.2) is 0 Å². The Morgan fingerprint density at radius 1 is 1.33 bits per heavy atom. The first kappa shape index (κ1) is 14.4. The topological polar surface area (TPSA) is 172 Å². The van der Waals surface area contributed by atoms with E-state index < -0.39 is 34.5 Å². The third-order valence-electron chi connectivity index (χ3n) is 2.85. The molecule has 1 unspecified atom stereocenters. The van der Waals surface area contributed by atoms with Gasteiger partial charge in [-0.05, 0) is 0 Å². The predicted octanol–water partition coefficient (Wildman–Crippen LogP) is -0.401. The molecule has 1 aromatic carbocycles. The monoisotopic (exact) mass is 294 g/mol. The van der Waals surface area contributed by atoms with Crippen molar-refractivity contribution in [3.8, 4) is 0 Å². The molecule has 0 amide bonds. The fourth-order valence-corrected chi connectivity index (χ4v) is 1.93. The number of nitro benzene ring substituents is 1. The Balaban J connectivity index is 2.79. The lowest BCUT2D eigenvalue weighted by molar-refractivity contribution is -0.384. The van der Waals surface area contributed by atoms with Gasteiger partial charge in [-0.2, -0.15) is 0 Å². The first-order valence-electron chi connectivity index (χ1n) is 5.71. The van der Waals surface area contributed by atoms with Crippen LogP contribution in [0.4, 0.5) is 5.69 Å². The predicted molar refractivity (Wildman–Crippen MR) is 71.0 cm³/mol. The third-order valence-corrected chi connectivity index (χ3v) is 2.85. The Morgan fingerprint density at radius 2 is 1.95 bits per heavy atom. The first-order chi connectivity index (χ1) is 9.79. The number of nitro groups is 1. The van der Waals surface area contributed by atoms with Crippen molar-refractivity contribution in [1.82, 2.24) is 9.97 Å². The summed E-state index contributed by atoms with van der Waals surface area (Å²) in [6.07, 6.45) is -0.489. The van der Waals surface area contributed by atoms with Crippen LogP contribution in [0.25, 0.3) is 11.0 Å². The first-order valence-corrected chi connectivity index (χ1v) is 5.71. The number of hydrogen-bond acceptors (Lipinski definition) is 6. The highest BCUT2D eigenvalue weighted by molar-refractivity contribution is 5.82. The van der Waals surface area contributed by atoms with Gasteiger partial charge in [-0.15, -0.1) is 0 Å². The van der Waals surface area contributed by atoms with Crippen LogP contribution >= 0.6 is 0 Å². The van der Waals surface area contributed by atoms with Crippen LogP contribution in [0, 0.1) is 10.1 Å². The van der Waals surface area contributed by atoms with E-state index in [0.717, 1.165) is 12.1 Å². The number of carboxylic acids is 1. The van der Waals surface area contributed by atoms with E-state index in [4.69, 9.17) is 10.8 Å². The number of aromatic nitrogens is 2. The van der Waals surface area contributed by atoms with Crippen molar-refractivity contribution >= 4 is 22.7 Å². The lowest BCUT2D eigenvalue weighted by Gasteiger charge is -2.12. The molecule has 1 heterocycles. The molecular formula is C11H10N4O6. The standard InChI is InChI=1S/C11H10N4O6/c12-6(3-8(16)17)5-1-4(15(20)21)2-7-9(5)14-11(19)10(18)13-7/h1-2,6H,3,12H2,(H,13,18)(H,14,19)(H,16,17). The van der Waals surface area contributed by atoms with Crippen molar-refractivity contribution in [2.75, 3.05) is 0 Å². The maximum absolute atomic E-state index is 11.4. The molecule has 0 spiro atoms. The maximum Gasteiger partial charge on any atom is 0.314 e. The van der Waals surface area contributed by atoms with E-state index >= 15 is 0 Å². The molecule has 2 rings (SSSR count). The molecule has 21 heavy (non-hydrogen) atoms. The number of aliphatic carboxylic acids is 1. The van der Waals surface area contributed by atoms with Crippen LogP contribution in [0.3, 0.4) is 0 Å². The van der Waals surface area contributed by atoms with Crippen molar-refractivity contribution in [2.24, 2.45) is 5.73 Å². The molecule has 0 fully saturated rings. The number of benzene rings is 1. The van der Waals surface area contributed by atoms with Gasteiger partial charge in [-0.1, -0.05) is 0 Å². The van der Waals surface area contributed by atoms with Crippen molar-refractivity contribution < 1.29 is 14.8 Å². The highest BCUT2D eigenvalue weighted by atomic mass is 16.6. The fourth-order valence-electron chi connectivity index (χ4n) is 1.93. The fraction of sp³-hybridized carbons (Fsp3) is 0.182. The van der Waals surface area contributed by atoms with Gasteiger partial charge in [-0.25, -0.2) is 0 Å². The summed E-state index contributed by atoms with van der Waals surface area (Å²) in [5.74, 6) is -1.20. The van der Waals surface area contributed by atoms with Crippen molar-refractivity contribution in [1.29, 1.82) is 0 Å². The van der Waals surface area contributed by atoms with Gasteiger partial charge >= 0.3 is 17.1 Å². The molecule has 0 bridgehead atoms.